The van der Waals surface area contributed by atoms with Gasteiger partial charge in [0.15, 0.2) is 0 Å². The highest BCUT2D eigenvalue weighted by Crippen LogP contribution is 2.25. The molecule has 1 aromatic carbocycles. The third kappa shape index (κ3) is 2.13. The Morgan fingerprint density at radius 1 is 1.28 bits per heavy atom. The lowest BCUT2D eigenvalue weighted by atomic mass is 10.1. The normalized spacial score (nSPS) is 16.9. The number of rotatable bonds is 2. The molecule has 0 bridgehead atoms. The van der Waals surface area contributed by atoms with Crippen molar-refractivity contribution in [3.05, 3.63) is 36.3 Å². The molecule has 94 valence electrons. The molecule has 18 heavy (non-hydrogen) atoms. The van der Waals surface area contributed by atoms with Crippen LogP contribution in [0.15, 0.2) is 30.5 Å². The van der Waals surface area contributed by atoms with Crippen molar-refractivity contribution in [1.82, 2.24) is 20.3 Å². The maximum absolute atomic E-state index is 13.3. The first-order chi connectivity index (χ1) is 8.84. The Morgan fingerprint density at radius 3 is 2.89 bits per heavy atom. The molecule has 1 aliphatic rings. The summed E-state index contributed by atoms with van der Waals surface area (Å²) in [6.07, 6.45) is 3.77. The number of nitrogens with one attached hydrogen (secondary N) is 1. The number of hydrogen-bond acceptors (Lipinski definition) is 3. The van der Waals surface area contributed by atoms with E-state index in [4.69, 9.17) is 0 Å². The van der Waals surface area contributed by atoms with Gasteiger partial charge in [0.05, 0.1) is 17.9 Å². The van der Waals surface area contributed by atoms with Gasteiger partial charge >= 0.3 is 0 Å². The zero-order valence-electron chi connectivity index (χ0n) is 10.0. The fraction of sp³-hybridized carbons (Fsp3) is 0.385. The van der Waals surface area contributed by atoms with Crippen LogP contribution in [-0.4, -0.2) is 28.1 Å². The van der Waals surface area contributed by atoms with Crippen LogP contribution in [0.4, 0.5) is 4.39 Å². The molecule has 1 aromatic heterocycles. The van der Waals surface area contributed by atoms with Gasteiger partial charge in [-0.05, 0) is 38.1 Å². The second kappa shape index (κ2) is 4.86. The standard InChI is InChI=1S/C13H15FN4/c14-11-3-1-2-10(8-11)13-9-16-17-18(13)12-4-6-15-7-5-12/h1-3,8-9,12,15H,4-7H2. The van der Waals surface area contributed by atoms with Gasteiger partial charge in [-0.2, -0.15) is 0 Å². The summed E-state index contributed by atoms with van der Waals surface area (Å²) in [7, 11) is 0. The monoisotopic (exact) mass is 246 g/mol. The van der Waals surface area contributed by atoms with E-state index in [9.17, 15) is 4.39 Å². The number of piperidine rings is 1. The van der Waals surface area contributed by atoms with E-state index < -0.39 is 0 Å². The van der Waals surface area contributed by atoms with E-state index in [1.54, 1.807) is 12.3 Å². The van der Waals surface area contributed by atoms with Crippen LogP contribution in [0.25, 0.3) is 11.3 Å². The van der Waals surface area contributed by atoms with Crippen molar-refractivity contribution in [1.29, 1.82) is 0 Å². The first-order valence-electron chi connectivity index (χ1n) is 6.21. The molecule has 5 heteroatoms. The molecular formula is C13H15FN4. The lowest BCUT2D eigenvalue weighted by Gasteiger charge is -2.24. The van der Waals surface area contributed by atoms with Crippen molar-refractivity contribution in [3.8, 4) is 11.3 Å². The van der Waals surface area contributed by atoms with Crippen molar-refractivity contribution in [2.24, 2.45) is 0 Å². The molecule has 2 heterocycles. The minimum absolute atomic E-state index is 0.231. The topological polar surface area (TPSA) is 42.7 Å². The highest BCUT2D eigenvalue weighted by atomic mass is 19.1. The smallest absolute Gasteiger partial charge is 0.123 e. The molecule has 0 saturated carbocycles. The fourth-order valence-corrected chi connectivity index (χ4v) is 2.42. The number of halogens is 1. The third-order valence-electron chi connectivity index (χ3n) is 3.35. The van der Waals surface area contributed by atoms with Crippen molar-refractivity contribution in [2.75, 3.05) is 13.1 Å². The summed E-state index contributed by atoms with van der Waals surface area (Å²) in [6.45, 7) is 1.99. The minimum atomic E-state index is -0.231. The first-order valence-corrected chi connectivity index (χ1v) is 6.21. The van der Waals surface area contributed by atoms with Gasteiger partial charge in [-0.3, -0.25) is 0 Å². The number of aromatic nitrogens is 3. The van der Waals surface area contributed by atoms with E-state index in [0.29, 0.717) is 6.04 Å². The predicted octanol–water partition coefficient (Wildman–Crippen LogP) is 2.01. The van der Waals surface area contributed by atoms with Crippen LogP contribution in [0.3, 0.4) is 0 Å². The predicted molar refractivity (Wildman–Crippen MR) is 66.6 cm³/mol. The fourth-order valence-electron chi connectivity index (χ4n) is 2.42. The zero-order chi connectivity index (χ0) is 12.4. The molecule has 1 fully saturated rings. The number of benzene rings is 1. The molecule has 1 aliphatic heterocycles. The second-order valence-corrected chi connectivity index (χ2v) is 4.56. The maximum Gasteiger partial charge on any atom is 0.123 e. The Kier molecular flexibility index (Phi) is 3.06. The summed E-state index contributed by atoms with van der Waals surface area (Å²) in [5, 5.41) is 11.5. The number of hydrogen-bond donors (Lipinski definition) is 1. The second-order valence-electron chi connectivity index (χ2n) is 4.56. The molecule has 4 nitrogen and oxygen atoms in total. The Bertz CT molecular complexity index is 531. The van der Waals surface area contributed by atoms with E-state index in [2.05, 4.69) is 15.6 Å². The van der Waals surface area contributed by atoms with Gasteiger partial charge < -0.3 is 5.32 Å². The summed E-state index contributed by atoms with van der Waals surface area (Å²) in [6, 6.07) is 6.93. The molecule has 0 unspecified atom stereocenters. The lowest BCUT2D eigenvalue weighted by molar-refractivity contribution is 0.340. The molecule has 1 saturated heterocycles. The maximum atomic E-state index is 13.3. The van der Waals surface area contributed by atoms with E-state index in [-0.39, 0.29) is 5.82 Å². The van der Waals surface area contributed by atoms with Crippen molar-refractivity contribution in [3.63, 3.8) is 0 Å². The van der Waals surface area contributed by atoms with Crippen LogP contribution in [-0.2, 0) is 0 Å². The Morgan fingerprint density at radius 2 is 2.11 bits per heavy atom. The molecule has 1 N–H and O–H groups in total. The zero-order valence-corrected chi connectivity index (χ0v) is 10.0. The molecule has 0 amide bonds. The highest BCUT2D eigenvalue weighted by molar-refractivity contribution is 5.58. The molecule has 0 spiro atoms. The summed E-state index contributed by atoms with van der Waals surface area (Å²) in [4.78, 5) is 0. The van der Waals surface area contributed by atoms with Gasteiger partial charge in [-0.1, -0.05) is 17.3 Å². The molecule has 0 atom stereocenters. The van der Waals surface area contributed by atoms with Gasteiger partial charge in [0.2, 0.25) is 0 Å². The highest BCUT2D eigenvalue weighted by Gasteiger charge is 2.19. The summed E-state index contributed by atoms with van der Waals surface area (Å²) in [5.41, 5.74) is 1.72. The average Bonchev–Trinajstić information content (AvgIpc) is 2.89. The molecule has 2 aromatic rings. The SMILES string of the molecule is Fc1cccc(-c2cnnn2C2CCNCC2)c1. The van der Waals surface area contributed by atoms with E-state index in [1.807, 2.05) is 10.7 Å². The van der Waals surface area contributed by atoms with E-state index in [0.717, 1.165) is 37.2 Å². The van der Waals surface area contributed by atoms with Gasteiger partial charge in [0.1, 0.15) is 5.82 Å². The van der Waals surface area contributed by atoms with Crippen LogP contribution < -0.4 is 5.32 Å². The summed E-state index contributed by atoms with van der Waals surface area (Å²) in [5.74, 6) is -0.231. The first kappa shape index (κ1) is 11.3. The van der Waals surface area contributed by atoms with E-state index >= 15 is 0 Å². The van der Waals surface area contributed by atoms with Gasteiger partial charge in [-0.25, -0.2) is 9.07 Å². The Hall–Kier alpha value is -1.75. The van der Waals surface area contributed by atoms with Crippen LogP contribution in [0.2, 0.25) is 0 Å². The quantitative estimate of drug-likeness (QED) is 0.881. The average molecular weight is 246 g/mol. The summed E-state index contributed by atoms with van der Waals surface area (Å²) < 4.78 is 15.2. The third-order valence-corrected chi connectivity index (χ3v) is 3.35. The van der Waals surface area contributed by atoms with Crippen molar-refractivity contribution in [2.45, 2.75) is 18.9 Å². The van der Waals surface area contributed by atoms with Gasteiger partial charge in [-0.15, -0.1) is 5.10 Å². The number of nitrogens with zero attached hydrogens (tertiary/aromatic N) is 3. The van der Waals surface area contributed by atoms with E-state index in [1.165, 1.54) is 12.1 Å². The molecule has 0 radical (unpaired) electrons. The molecular weight excluding hydrogens is 231 g/mol. The van der Waals surface area contributed by atoms with Crippen LogP contribution in [0.1, 0.15) is 18.9 Å². The van der Waals surface area contributed by atoms with Crippen molar-refractivity contribution < 1.29 is 4.39 Å². The van der Waals surface area contributed by atoms with Gasteiger partial charge in [0.25, 0.3) is 0 Å². The lowest BCUT2D eigenvalue weighted by Crippen LogP contribution is -2.30. The Balaban J connectivity index is 1.95. The minimum Gasteiger partial charge on any atom is -0.317 e. The van der Waals surface area contributed by atoms with Gasteiger partial charge in [0, 0.05) is 5.56 Å². The Labute approximate surface area is 105 Å². The van der Waals surface area contributed by atoms with Crippen LogP contribution in [0.5, 0.6) is 0 Å². The van der Waals surface area contributed by atoms with Crippen molar-refractivity contribution >= 4 is 0 Å². The largest absolute Gasteiger partial charge is 0.317 e. The summed E-state index contributed by atoms with van der Waals surface area (Å²) >= 11 is 0. The molecule has 0 aliphatic carbocycles. The van der Waals surface area contributed by atoms with Crippen LogP contribution >= 0.6 is 0 Å². The van der Waals surface area contributed by atoms with Crippen LogP contribution in [0, 0.1) is 5.82 Å². The molecule has 3 rings (SSSR count).